The first kappa shape index (κ1) is 29.5. The van der Waals surface area contributed by atoms with E-state index in [4.69, 9.17) is 5.10 Å². The van der Waals surface area contributed by atoms with E-state index in [0.717, 1.165) is 52.0 Å². The van der Waals surface area contributed by atoms with Gasteiger partial charge in [-0.25, -0.2) is 0 Å². The van der Waals surface area contributed by atoms with Crippen LogP contribution < -0.4 is 0 Å². The van der Waals surface area contributed by atoms with Gasteiger partial charge in [0.05, 0.1) is 12.2 Å². The van der Waals surface area contributed by atoms with Crippen molar-refractivity contribution in [1.29, 1.82) is 0 Å². The molecule has 3 aromatic rings. The van der Waals surface area contributed by atoms with Crippen molar-refractivity contribution in [2.45, 2.75) is 77.3 Å². The molecule has 41 heavy (non-hydrogen) atoms. The molecule has 2 heterocycles. The van der Waals surface area contributed by atoms with Crippen LogP contribution in [0.4, 0.5) is 0 Å². The van der Waals surface area contributed by atoms with Gasteiger partial charge in [0, 0.05) is 43.7 Å². The second-order valence-electron chi connectivity index (χ2n) is 12.7. The maximum absolute atomic E-state index is 11.7. The van der Waals surface area contributed by atoms with Crippen LogP contribution in [0.25, 0.3) is 0 Å². The van der Waals surface area contributed by atoms with Crippen LogP contribution in [0.2, 0.25) is 0 Å². The SMILES string of the molecule is CCn1nc(Cc2ccccc2)cc1C1CCN(CC2CC(N(CC(=O)O)CC(C)C)CC2c2ccccc2)CC1. The molecule has 3 unspecified atom stereocenters. The molecular formula is C35H48N4O2. The van der Waals surface area contributed by atoms with E-state index < -0.39 is 5.97 Å². The highest BCUT2D eigenvalue weighted by Crippen LogP contribution is 2.43. The zero-order chi connectivity index (χ0) is 28.8. The number of aryl methyl sites for hydroxylation is 1. The van der Waals surface area contributed by atoms with E-state index in [0.29, 0.717) is 29.7 Å². The second kappa shape index (κ2) is 13.8. The zero-order valence-corrected chi connectivity index (χ0v) is 25.2. The summed E-state index contributed by atoms with van der Waals surface area (Å²) in [6.07, 6.45) is 5.34. The molecule has 1 saturated heterocycles. The Balaban J connectivity index is 1.24. The van der Waals surface area contributed by atoms with Crippen molar-refractivity contribution in [2.75, 3.05) is 32.7 Å². The molecule has 2 aliphatic rings. The summed E-state index contributed by atoms with van der Waals surface area (Å²) < 4.78 is 2.23. The molecule has 1 N–H and O–H groups in total. The number of carboxylic acid groups (broad SMARTS) is 1. The third-order valence-corrected chi connectivity index (χ3v) is 9.24. The molecule has 5 rings (SSSR count). The van der Waals surface area contributed by atoms with E-state index in [2.05, 4.69) is 102 Å². The molecule has 220 valence electrons. The van der Waals surface area contributed by atoms with E-state index in [9.17, 15) is 9.90 Å². The number of hydrogen-bond acceptors (Lipinski definition) is 4. The Hall–Kier alpha value is -2.96. The van der Waals surface area contributed by atoms with Gasteiger partial charge < -0.3 is 10.0 Å². The van der Waals surface area contributed by atoms with Crippen molar-refractivity contribution in [3.05, 3.63) is 89.2 Å². The van der Waals surface area contributed by atoms with Gasteiger partial charge in [-0.2, -0.15) is 5.10 Å². The van der Waals surface area contributed by atoms with Gasteiger partial charge in [0.1, 0.15) is 0 Å². The third kappa shape index (κ3) is 7.66. The number of carbonyl (C=O) groups is 1. The average molecular weight is 557 g/mol. The maximum atomic E-state index is 11.7. The smallest absolute Gasteiger partial charge is 0.317 e. The van der Waals surface area contributed by atoms with Crippen LogP contribution in [0, 0.1) is 11.8 Å². The summed E-state index contributed by atoms with van der Waals surface area (Å²) in [5.74, 6) is 1.31. The molecule has 0 bridgehead atoms. The minimum atomic E-state index is -0.717. The number of hydrogen-bond donors (Lipinski definition) is 1. The number of aliphatic carboxylic acids is 1. The van der Waals surface area contributed by atoms with Crippen LogP contribution in [-0.2, 0) is 17.8 Å². The fraction of sp³-hybridized carbons (Fsp3) is 0.543. The Morgan fingerprint density at radius 2 is 1.71 bits per heavy atom. The monoisotopic (exact) mass is 556 g/mol. The third-order valence-electron chi connectivity index (χ3n) is 9.24. The topological polar surface area (TPSA) is 61.6 Å². The molecule has 0 amide bonds. The predicted octanol–water partition coefficient (Wildman–Crippen LogP) is 6.28. The molecule has 1 aliphatic heterocycles. The molecule has 1 aromatic heterocycles. The Bertz CT molecular complexity index is 1230. The summed E-state index contributed by atoms with van der Waals surface area (Å²) >= 11 is 0. The lowest BCUT2D eigenvalue weighted by Crippen LogP contribution is -2.41. The summed E-state index contributed by atoms with van der Waals surface area (Å²) in [5.41, 5.74) is 5.30. The van der Waals surface area contributed by atoms with Crippen molar-refractivity contribution in [3.8, 4) is 0 Å². The number of benzene rings is 2. The quantitative estimate of drug-likeness (QED) is 0.285. The van der Waals surface area contributed by atoms with Crippen LogP contribution in [0.1, 0.15) is 80.8 Å². The normalized spacial score (nSPS) is 22.1. The maximum Gasteiger partial charge on any atom is 0.317 e. The lowest BCUT2D eigenvalue weighted by Gasteiger charge is -2.35. The highest BCUT2D eigenvalue weighted by atomic mass is 16.4. The zero-order valence-electron chi connectivity index (χ0n) is 25.2. The fourth-order valence-corrected chi connectivity index (χ4v) is 7.39. The summed E-state index contributed by atoms with van der Waals surface area (Å²) in [6, 6.07) is 24.3. The van der Waals surface area contributed by atoms with E-state index in [-0.39, 0.29) is 6.54 Å². The largest absolute Gasteiger partial charge is 0.480 e. The van der Waals surface area contributed by atoms with Gasteiger partial charge in [0.2, 0.25) is 0 Å². The first-order valence-corrected chi connectivity index (χ1v) is 15.7. The molecule has 1 saturated carbocycles. The van der Waals surface area contributed by atoms with Gasteiger partial charge in [-0.1, -0.05) is 74.5 Å². The number of piperidine rings is 1. The van der Waals surface area contributed by atoms with E-state index in [1.54, 1.807) is 0 Å². The highest BCUT2D eigenvalue weighted by Gasteiger charge is 2.39. The van der Waals surface area contributed by atoms with Crippen LogP contribution in [-0.4, -0.2) is 69.4 Å². The fourth-order valence-electron chi connectivity index (χ4n) is 7.39. The van der Waals surface area contributed by atoms with Gasteiger partial charge in [0.15, 0.2) is 0 Å². The molecule has 1 aliphatic carbocycles. The number of rotatable bonds is 12. The number of nitrogens with zero attached hydrogens (tertiary/aromatic N) is 4. The number of aromatic nitrogens is 2. The first-order valence-electron chi connectivity index (χ1n) is 15.7. The van der Waals surface area contributed by atoms with Crippen LogP contribution in [0.3, 0.4) is 0 Å². The summed E-state index contributed by atoms with van der Waals surface area (Å²) in [7, 11) is 0. The van der Waals surface area contributed by atoms with Crippen molar-refractivity contribution < 1.29 is 9.90 Å². The summed E-state index contributed by atoms with van der Waals surface area (Å²) in [4.78, 5) is 16.7. The molecule has 2 fully saturated rings. The van der Waals surface area contributed by atoms with Crippen LogP contribution >= 0.6 is 0 Å². The lowest BCUT2D eigenvalue weighted by molar-refractivity contribution is -0.139. The highest BCUT2D eigenvalue weighted by molar-refractivity contribution is 5.69. The first-order chi connectivity index (χ1) is 19.9. The molecule has 0 spiro atoms. The molecule has 6 nitrogen and oxygen atoms in total. The van der Waals surface area contributed by atoms with Crippen LogP contribution in [0.5, 0.6) is 0 Å². The molecule has 0 radical (unpaired) electrons. The lowest BCUT2D eigenvalue weighted by atomic mass is 9.87. The van der Waals surface area contributed by atoms with E-state index in [1.807, 2.05) is 0 Å². The minimum absolute atomic E-state index is 0.139. The average Bonchev–Trinajstić information content (AvgIpc) is 3.58. The van der Waals surface area contributed by atoms with Gasteiger partial charge >= 0.3 is 5.97 Å². The summed E-state index contributed by atoms with van der Waals surface area (Å²) in [5, 5.41) is 14.6. The van der Waals surface area contributed by atoms with Gasteiger partial charge in [-0.15, -0.1) is 0 Å². The molecule has 3 atom stereocenters. The van der Waals surface area contributed by atoms with Crippen molar-refractivity contribution in [1.82, 2.24) is 19.6 Å². The molecule has 6 heteroatoms. The Kier molecular flexibility index (Phi) is 9.94. The number of carboxylic acids is 1. The van der Waals surface area contributed by atoms with Crippen molar-refractivity contribution in [2.24, 2.45) is 11.8 Å². The van der Waals surface area contributed by atoms with E-state index in [1.165, 1.54) is 35.4 Å². The minimum Gasteiger partial charge on any atom is -0.480 e. The van der Waals surface area contributed by atoms with Gasteiger partial charge in [0.25, 0.3) is 0 Å². The summed E-state index contributed by atoms with van der Waals surface area (Å²) in [6.45, 7) is 11.8. The second-order valence-corrected chi connectivity index (χ2v) is 12.7. The standard InChI is InChI=1S/C35H48N4O2/c1-4-39-34(21-31(36-39)19-27-11-7-5-8-12-27)29-15-17-37(18-16-29)24-30-20-32(38(23-26(2)3)25-35(40)41)22-33(30)28-13-9-6-10-14-28/h5-14,21,26,29-30,32-33H,4,15-20,22-25H2,1-3H3,(H,40,41). The number of likely N-dealkylation sites (tertiary alicyclic amines) is 1. The Labute approximate surface area is 246 Å². The molecular weight excluding hydrogens is 508 g/mol. The predicted molar refractivity (Wildman–Crippen MR) is 165 cm³/mol. The Morgan fingerprint density at radius 3 is 2.34 bits per heavy atom. The van der Waals surface area contributed by atoms with Crippen molar-refractivity contribution in [3.63, 3.8) is 0 Å². The molecule has 2 aromatic carbocycles. The van der Waals surface area contributed by atoms with Crippen molar-refractivity contribution >= 4 is 5.97 Å². The Morgan fingerprint density at radius 1 is 1.02 bits per heavy atom. The van der Waals surface area contributed by atoms with Gasteiger partial charge in [-0.05, 0) is 80.6 Å². The van der Waals surface area contributed by atoms with Gasteiger partial charge in [-0.3, -0.25) is 14.4 Å². The van der Waals surface area contributed by atoms with E-state index >= 15 is 0 Å². The van der Waals surface area contributed by atoms with Crippen LogP contribution in [0.15, 0.2) is 66.7 Å².